The van der Waals surface area contributed by atoms with Gasteiger partial charge in [-0.3, -0.25) is 4.79 Å². The quantitative estimate of drug-likeness (QED) is 0.726. The van der Waals surface area contributed by atoms with E-state index in [4.69, 9.17) is 10.8 Å². The van der Waals surface area contributed by atoms with Crippen LogP contribution in [0, 0.1) is 5.92 Å². The molecule has 1 fully saturated rings. The van der Waals surface area contributed by atoms with Gasteiger partial charge >= 0.3 is 5.97 Å². The number of nitrogens with one attached hydrogen (secondary N) is 1. The van der Waals surface area contributed by atoms with Gasteiger partial charge in [-0.05, 0) is 25.7 Å². The minimum absolute atomic E-state index is 0.00998. The fourth-order valence-electron chi connectivity index (χ4n) is 1.85. The van der Waals surface area contributed by atoms with Crippen LogP contribution >= 0.6 is 11.3 Å². The Kier molecular flexibility index (Phi) is 4.16. The lowest BCUT2D eigenvalue weighted by Gasteiger charge is -2.14. The van der Waals surface area contributed by atoms with E-state index in [9.17, 15) is 9.59 Å². The molecule has 7 heteroatoms. The van der Waals surface area contributed by atoms with Crippen molar-refractivity contribution in [2.75, 3.05) is 0 Å². The first-order valence-electron chi connectivity index (χ1n) is 6.21. The Morgan fingerprint density at radius 1 is 1.63 bits per heavy atom. The summed E-state index contributed by atoms with van der Waals surface area (Å²) in [4.78, 5) is 26.5. The van der Waals surface area contributed by atoms with Crippen molar-refractivity contribution in [3.63, 3.8) is 0 Å². The molecule has 1 heterocycles. The summed E-state index contributed by atoms with van der Waals surface area (Å²) in [7, 11) is 0. The minimum Gasteiger partial charge on any atom is -0.476 e. The van der Waals surface area contributed by atoms with Crippen molar-refractivity contribution in [1.82, 2.24) is 10.3 Å². The van der Waals surface area contributed by atoms with Crippen molar-refractivity contribution in [2.45, 2.75) is 38.3 Å². The van der Waals surface area contributed by atoms with Gasteiger partial charge in [0.05, 0.1) is 6.04 Å². The molecule has 1 aliphatic carbocycles. The molecule has 0 bridgehead atoms. The molecule has 0 spiro atoms. The molecule has 1 amide bonds. The Balaban J connectivity index is 1.86. The summed E-state index contributed by atoms with van der Waals surface area (Å²) >= 11 is 1.23. The van der Waals surface area contributed by atoms with Crippen LogP contribution in [0.1, 0.15) is 47.7 Å². The number of rotatable bonds is 6. The Morgan fingerprint density at radius 3 is 2.84 bits per heavy atom. The van der Waals surface area contributed by atoms with Gasteiger partial charge in [-0.1, -0.05) is 0 Å². The van der Waals surface area contributed by atoms with Crippen molar-refractivity contribution in [3.8, 4) is 0 Å². The first-order valence-corrected chi connectivity index (χ1v) is 7.09. The van der Waals surface area contributed by atoms with E-state index in [0.29, 0.717) is 17.3 Å². The van der Waals surface area contributed by atoms with Crippen molar-refractivity contribution in [3.05, 3.63) is 16.1 Å². The molecule has 2 unspecified atom stereocenters. The number of carbonyl (C=O) groups is 2. The SMILES string of the molecule is CC(NC(=O)CC(N)C1CC1)c1nc(C(=O)O)cs1. The number of aromatic nitrogens is 1. The number of hydrogen-bond donors (Lipinski definition) is 3. The lowest BCUT2D eigenvalue weighted by atomic mass is 10.1. The normalized spacial score (nSPS) is 17.8. The number of nitrogens with zero attached hydrogens (tertiary/aromatic N) is 1. The number of thiazole rings is 1. The molecule has 0 aliphatic heterocycles. The molecule has 0 saturated heterocycles. The largest absolute Gasteiger partial charge is 0.476 e. The van der Waals surface area contributed by atoms with Crippen LogP contribution in [0.3, 0.4) is 0 Å². The van der Waals surface area contributed by atoms with E-state index in [1.165, 1.54) is 16.7 Å². The maximum Gasteiger partial charge on any atom is 0.355 e. The summed E-state index contributed by atoms with van der Waals surface area (Å²) in [6.45, 7) is 1.78. The first kappa shape index (κ1) is 14.0. The van der Waals surface area contributed by atoms with Gasteiger partial charge in [-0.15, -0.1) is 11.3 Å². The van der Waals surface area contributed by atoms with Crippen LogP contribution in [0.25, 0.3) is 0 Å². The van der Waals surface area contributed by atoms with Gasteiger partial charge in [-0.2, -0.15) is 0 Å². The predicted molar refractivity (Wildman–Crippen MR) is 70.9 cm³/mol. The van der Waals surface area contributed by atoms with Gasteiger partial charge in [0.1, 0.15) is 5.01 Å². The standard InChI is InChI=1S/C12H17N3O3S/c1-6(11-15-9(5-19-11)12(17)18)14-10(16)4-8(13)7-2-3-7/h5-8H,2-4,13H2,1H3,(H,14,16)(H,17,18). The molecular weight excluding hydrogens is 266 g/mol. The van der Waals surface area contributed by atoms with E-state index in [2.05, 4.69) is 10.3 Å². The average Bonchev–Trinajstić information content (AvgIpc) is 3.05. The number of carboxylic acids is 1. The smallest absolute Gasteiger partial charge is 0.355 e. The van der Waals surface area contributed by atoms with Crippen LogP contribution in [-0.4, -0.2) is 28.0 Å². The van der Waals surface area contributed by atoms with E-state index in [0.717, 1.165) is 12.8 Å². The Morgan fingerprint density at radius 2 is 2.32 bits per heavy atom. The average molecular weight is 283 g/mol. The van der Waals surface area contributed by atoms with Crippen LogP contribution in [0.4, 0.5) is 0 Å². The van der Waals surface area contributed by atoms with Gasteiger partial charge in [-0.25, -0.2) is 9.78 Å². The highest BCUT2D eigenvalue weighted by Gasteiger charge is 2.30. The third kappa shape index (κ3) is 3.74. The molecule has 19 heavy (non-hydrogen) atoms. The van der Waals surface area contributed by atoms with Crippen molar-refractivity contribution >= 4 is 23.2 Å². The van der Waals surface area contributed by atoms with Gasteiger partial charge < -0.3 is 16.2 Å². The van der Waals surface area contributed by atoms with E-state index in [1.807, 2.05) is 0 Å². The van der Waals surface area contributed by atoms with Crippen LogP contribution < -0.4 is 11.1 Å². The number of hydrogen-bond acceptors (Lipinski definition) is 5. The molecule has 1 aromatic heterocycles. The van der Waals surface area contributed by atoms with E-state index in [1.54, 1.807) is 6.92 Å². The van der Waals surface area contributed by atoms with Crippen LogP contribution in [0.5, 0.6) is 0 Å². The zero-order valence-electron chi connectivity index (χ0n) is 10.6. The number of aromatic carboxylic acids is 1. The molecule has 1 saturated carbocycles. The van der Waals surface area contributed by atoms with Crippen molar-refractivity contribution < 1.29 is 14.7 Å². The summed E-state index contributed by atoms with van der Waals surface area (Å²) < 4.78 is 0. The molecule has 104 valence electrons. The molecule has 1 aliphatic rings. The second-order valence-corrected chi connectivity index (χ2v) is 5.76. The van der Waals surface area contributed by atoms with E-state index < -0.39 is 5.97 Å². The van der Waals surface area contributed by atoms with Crippen molar-refractivity contribution in [2.24, 2.45) is 11.7 Å². The second kappa shape index (κ2) is 5.66. The Hall–Kier alpha value is -1.47. The maximum absolute atomic E-state index is 11.8. The second-order valence-electron chi connectivity index (χ2n) is 4.87. The zero-order valence-corrected chi connectivity index (χ0v) is 11.4. The number of amides is 1. The Bertz CT molecular complexity index is 484. The van der Waals surface area contributed by atoms with Crippen LogP contribution in [0.2, 0.25) is 0 Å². The molecule has 4 N–H and O–H groups in total. The fourth-order valence-corrected chi connectivity index (χ4v) is 2.65. The van der Waals surface area contributed by atoms with Crippen LogP contribution in [-0.2, 0) is 4.79 Å². The number of carbonyl (C=O) groups excluding carboxylic acids is 1. The number of carboxylic acid groups (broad SMARTS) is 1. The van der Waals surface area contributed by atoms with E-state index >= 15 is 0 Å². The minimum atomic E-state index is -1.06. The lowest BCUT2D eigenvalue weighted by molar-refractivity contribution is -0.122. The Labute approximate surface area is 115 Å². The highest BCUT2D eigenvalue weighted by atomic mass is 32.1. The topological polar surface area (TPSA) is 105 Å². The zero-order chi connectivity index (χ0) is 14.0. The van der Waals surface area contributed by atoms with Gasteiger partial charge in [0, 0.05) is 17.8 Å². The summed E-state index contributed by atoms with van der Waals surface area (Å²) in [6.07, 6.45) is 2.53. The fraction of sp³-hybridized carbons (Fsp3) is 0.583. The molecule has 2 rings (SSSR count). The lowest BCUT2D eigenvalue weighted by Crippen LogP contribution is -2.34. The van der Waals surface area contributed by atoms with Gasteiger partial charge in [0.25, 0.3) is 0 Å². The highest BCUT2D eigenvalue weighted by molar-refractivity contribution is 7.09. The summed E-state index contributed by atoms with van der Waals surface area (Å²) in [5, 5.41) is 13.6. The molecule has 0 aromatic carbocycles. The van der Waals surface area contributed by atoms with Gasteiger partial charge in [0.2, 0.25) is 5.91 Å². The third-order valence-electron chi connectivity index (χ3n) is 3.14. The summed E-state index contributed by atoms with van der Waals surface area (Å²) in [5.74, 6) is -0.685. The molecule has 1 aromatic rings. The van der Waals surface area contributed by atoms with Crippen molar-refractivity contribution in [1.29, 1.82) is 0 Å². The molecule has 2 atom stereocenters. The third-order valence-corrected chi connectivity index (χ3v) is 4.17. The van der Waals surface area contributed by atoms with Gasteiger partial charge in [0.15, 0.2) is 5.69 Å². The summed E-state index contributed by atoms with van der Waals surface area (Å²) in [5.41, 5.74) is 5.90. The molecule has 6 nitrogen and oxygen atoms in total. The first-order chi connectivity index (χ1) is 8.97. The highest BCUT2D eigenvalue weighted by Crippen LogP contribution is 2.32. The number of nitrogens with two attached hydrogens (primary N) is 1. The molecule has 0 radical (unpaired) electrons. The maximum atomic E-state index is 11.8. The van der Waals surface area contributed by atoms with E-state index in [-0.39, 0.29) is 23.7 Å². The summed E-state index contributed by atoms with van der Waals surface area (Å²) in [6, 6.07) is -0.366. The van der Waals surface area contributed by atoms with Crippen LogP contribution in [0.15, 0.2) is 5.38 Å². The predicted octanol–water partition coefficient (Wildman–Crippen LogP) is 1.15. The monoisotopic (exact) mass is 283 g/mol. The molecular formula is C12H17N3O3S.